The van der Waals surface area contributed by atoms with Crippen LogP contribution in [0.4, 0.5) is 0 Å². The molecule has 0 radical (unpaired) electrons. The van der Waals surface area contributed by atoms with Crippen LogP contribution >= 0.6 is 0 Å². The van der Waals surface area contributed by atoms with Crippen molar-refractivity contribution in [1.29, 1.82) is 0 Å². The second kappa shape index (κ2) is 5.31. The van der Waals surface area contributed by atoms with Gasteiger partial charge < -0.3 is 15.5 Å². The number of carbonyl (C=O) groups excluding carboxylic acids is 1. The monoisotopic (exact) mass is 259 g/mol. The molecule has 1 saturated heterocycles. The summed E-state index contributed by atoms with van der Waals surface area (Å²) in [6.07, 6.45) is 2.14. The van der Waals surface area contributed by atoms with Crippen LogP contribution in [0.1, 0.15) is 28.8 Å². The molecule has 1 aromatic rings. The van der Waals surface area contributed by atoms with Crippen molar-refractivity contribution in [3.8, 4) is 0 Å². The van der Waals surface area contributed by atoms with Gasteiger partial charge in [0.15, 0.2) is 0 Å². The third kappa shape index (κ3) is 2.38. The highest BCUT2D eigenvalue weighted by atomic mass is 16.2. The first kappa shape index (κ1) is 12.6. The molecule has 0 saturated carbocycles. The van der Waals surface area contributed by atoms with Crippen LogP contribution in [0.3, 0.4) is 0 Å². The number of benzene rings is 1. The lowest BCUT2D eigenvalue weighted by molar-refractivity contribution is 0.0600. The molecule has 4 heteroatoms. The number of rotatable bonds is 3. The largest absolute Gasteiger partial charge is 0.331 e. The van der Waals surface area contributed by atoms with Gasteiger partial charge in [0, 0.05) is 44.3 Å². The predicted octanol–water partition coefficient (Wildman–Crippen LogP) is 1.07. The molecular weight excluding hydrogens is 238 g/mol. The maximum absolute atomic E-state index is 12.4. The van der Waals surface area contributed by atoms with Crippen LogP contribution in [0, 0.1) is 0 Å². The Hall–Kier alpha value is -1.39. The number of likely N-dealkylation sites (tertiary alicyclic amines) is 1. The molecule has 0 aliphatic carbocycles. The summed E-state index contributed by atoms with van der Waals surface area (Å²) < 4.78 is 0. The number of hydrogen-bond acceptors (Lipinski definition) is 3. The first-order valence-electron chi connectivity index (χ1n) is 7.11. The lowest BCUT2D eigenvalue weighted by Gasteiger charge is -2.36. The van der Waals surface area contributed by atoms with Crippen LogP contribution in [0.25, 0.3) is 0 Å². The SMILES string of the molecule is NCCN1CCC(N2Cc3ccccc3C2=O)CC1. The van der Waals surface area contributed by atoms with Gasteiger partial charge in [-0.05, 0) is 24.5 Å². The summed E-state index contributed by atoms with van der Waals surface area (Å²) in [6, 6.07) is 8.37. The van der Waals surface area contributed by atoms with Crippen LogP contribution < -0.4 is 5.73 Å². The highest BCUT2D eigenvalue weighted by Gasteiger charge is 2.33. The van der Waals surface area contributed by atoms with Gasteiger partial charge in [0.1, 0.15) is 0 Å². The molecule has 2 aliphatic heterocycles. The smallest absolute Gasteiger partial charge is 0.254 e. The van der Waals surface area contributed by atoms with E-state index >= 15 is 0 Å². The van der Waals surface area contributed by atoms with Gasteiger partial charge in [-0.25, -0.2) is 0 Å². The topological polar surface area (TPSA) is 49.6 Å². The van der Waals surface area contributed by atoms with E-state index in [1.165, 1.54) is 5.56 Å². The molecular formula is C15H21N3O. The van der Waals surface area contributed by atoms with Crippen molar-refractivity contribution in [2.75, 3.05) is 26.2 Å². The van der Waals surface area contributed by atoms with Crippen LogP contribution in [0.2, 0.25) is 0 Å². The average Bonchev–Trinajstić information content (AvgIpc) is 2.78. The molecule has 0 unspecified atom stereocenters. The summed E-state index contributed by atoms with van der Waals surface area (Å²) in [7, 11) is 0. The molecule has 0 spiro atoms. The van der Waals surface area contributed by atoms with Gasteiger partial charge in [-0.15, -0.1) is 0 Å². The second-order valence-electron chi connectivity index (χ2n) is 5.45. The van der Waals surface area contributed by atoms with Crippen LogP contribution in [-0.4, -0.2) is 47.9 Å². The predicted molar refractivity (Wildman–Crippen MR) is 74.8 cm³/mol. The molecule has 3 rings (SSSR count). The van der Waals surface area contributed by atoms with E-state index in [0.717, 1.165) is 51.1 Å². The maximum atomic E-state index is 12.4. The summed E-state index contributed by atoms with van der Waals surface area (Å²) in [5.41, 5.74) is 7.66. The standard InChI is InChI=1S/C15H21N3O/c16-7-10-17-8-5-13(6-9-17)18-11-12-3-1-2-4-14(12)15(18)19/h1-4,13H,5-11,16H2. The van der Waals surface area contributed by atoms with E-state index in [-0.39, 0.29) is 5.91 Å². The van der Waals surface area contributed by atoms with Gasteiger partial charge in [-0.2, -0.15) is 0 Å². The van der Waals surface area contributed by atoms with Crippen LogP contribution in [0.15, 0.2) is 24.3 Å². The summed E-state index contributed by atoms with van der Waals surface area (Å²) in [6.45, 7) is 4.60. The minimum absolute atomic E-state index is 0.216. The fourth-order valence-electron chi connectivity index (χ4n) is 3.21. The van der Waals surface area contributed by atoms with E-state index < -0.39 is 0 Å². The Balaban J connectivity index is 1.65. The van der Waals surface area contributed by atoms with Crippen molar-refractivity contribution in [3.05, 3.63) is 35.4 Å². The molecule has 0 aromatic heterocycles. The van der Waals surface area contributed by atoms with Gasteiger partial charge in [-0.3, -0.25) is 4.79 Å². The number of fused-ring (bicyclic) bond motifs is 1. The van der Waals surface area contributed by atoms with E-state index in [1.807, 2.05) is 18.2 Å². The molecule has 102 valence electrons. The van der Waals surface area contributed by atoms with Gasteiger partial charge >= 0.3 is 0 Å². The summed E-state index contributed by atoms with van der Waals surface area (Å²) in [5, 5.41) is 0. The third-order valence-corrected chi connectivity index (χ3v) is 4.29. The second-order valence-corrected chi connectivity index (χ2v) is 5.45. The fourth-order valence-corrected chi connectivity index (χ4v) is 3.21. The Kier molecular flexibility index (Phi) is 3.53. The number of piperidine rings is 1. The van der Waals surface area contributed by atoms with E-state index in [0.29, 0.717) is 6.04 Å². The zero-order chi connectivity index (χ0) is 13.2. The van der Waals surface area contributed by atoms with E-state index in [4.69, 9.17) is 5.73 Å². The van der Waals surface area contributed by atoms with E-state index in [1.54, 1.807) is 0 Å². The quantitative estimate of drug-likeness (QED) is 0.883. The molecule has 1 amide bonds. The first-order chi connectivity index (χ1) is 9.29. The van der Waals surface area contributed by atoms with Crippen LogP contribution in [-0.2, 0) is 6.54 Å². The summed E-state index contributed by atoms with van der Waals surface area (Å²) in [4.78, 5) is 16.8. The molecule has 2 heterocycles. The molecule has 2 N–H and O–H groups in total. The van der Waals surface area contributed by atoms with Gasteiger partial charge in [0.25, 0.3) is 5.91 Å². The van der Waals surface area contributed by atoms with Crippen molar-refractivity contribution in [2.24, 2.45) is 5.73 Å². The van der Waals surface area contributed by atoms with Gasteiger partial charge in [-0.1, -0.05) is 18.2 Å². The molecule has 19 heavy (non-hydrogen) atoms. The molecule has 4 nitrogen and oxygen atoms in total. The zero-order valence-corrected chi connectivity index (χ0v) is 11.2. The van der Waals surface area contributed by atoms with E-state index in [9.17, 15) is 4.79 Å². The Labute approximate surface area is 114 Å². The zero-order valence-electron chi connectivity index (χ0n) is 11.2. The fraction of sp³-hybridized carbons (Fsp3) is 0.533. The Morgan fingerprint density at radius 3 is 2.63 bits per heavy atom. The minimum atomic E-state index is 0.216. The number of nitrogens with two attached hydrogens (primary N) is 1. The molecule has 2 aliphatic rings. The normalized spacial score (nSPS) is 20.9. The van der Waals surface area contributed by atoms with Crippen molar-refractivity contribution in [1.82, 2.24) is 9.80 Å². The van der Waals surface area contributed by atoms with Crippen molar-refractivity contribution < 1.29 is 4.79 Å². The third-order valence-electron chi connectivity index (χ3n) is 4.29. The van der Waals surface area contributed by atoms with Crippen molar-refractivity contribution >= 4 is 5.91 Å². The lowest BCUT2D eigenvalue weighted by Crippen LogP contribution is -2.46. The Bertz CT molecular complexity index is 466. The first-order valence-corrected chi connectivity index (χ1v) is 7.11. The highest BCUT2D eigenvalue weighted by molar-refractivity contribution is 5.98. The van der Waals surface area contributed by atoms with Gasteiger partial charge in [0.05, 0.1) is 0 Å². The summed E-state index contributed by atoms with van der Waals surface area (Å²) in [5.74, 6) is 0.216. The highest BCUT2D eigenvalue weighted by Crippen LogP contribution is 2.28. The number of nitrogens with zero attached hydrogens (tertiary/aromatic N) is 2. The van der Waals surface area contributed by atoms with Gasteiger partial charge in [0.2, 0.25) is 0 Å². The van der Waals surface area contributed by atoms with Crippen molar-refractivity contribution in [3.63, 3.8) is 0 Å². The molecule has 0 atom stereocenters. The minimum Gasteiger partial charge on any atom is -0.331 e. The summed E-state index contributed by atoms with van der Waals surface area (Å²) >= 11 is 0. The maximum Gasteiger partial charge on any atom is 0.254 e. The number of hydrogen-bond donors (Lipinski definition) is 1. The van der Waals surface area contributed by atoms with E-state index in [2.05, 4.69) is 15.9 Å². The number of carbonyl (C=O) groups is 1. The van der Waals surface area contributed by atoms with Crippen molar-refractivity contribution in [2.45, 2.75) is 25.4 Å². The molecule has 0 bridgehead atoms. The molecule has 1 fully saturated rings. The van der Waals surface area contributed by atoms with Crippen LogP contribution in [0.5, 0.6) is 0 Å². The Morgan fingerprint density at radius 2 is 1.95 bits per heavy atom. The number of amides is 1. The average molecular weight is 259 g/mol. The molecule has 1 aromatic carbocycles. The Morgan fingerprint density at radius 1 is 1.21 bits per heavy atom. The lowest BCUT2D eigenvalue weighted by atomic mass is 10.0.